The molecule has 162 valence electrons. The highest BCUT2D eigenvalue weighted by atomic mass is 16.5. The van der Waals surface area contributed by atoms with Crippen molar-refractivity contribution < 1.29 is 23.8 Å². The lowest BCUT2D eigenvalue weighted by Gasteiger charge is -2.14. The summed E-state index contributed by atoms with van der Waals surface area (Å²) in [5.74, 6) is -0.470. The molecule has 1 fully saturated rings. The molecule has 7 heteroatoms. The van der Waals surface area contributed by atoms with Gasteiger partial charge in [0.05, 0.1) is 13.2 Å². The summed E-state index contributed by atoms with van der Waals surface area (Å²) in [6.07, 6.45) is 3.64. The second-order valence-electron chi connectivity index (χ2n) is 7.47. The van der Waals surface area contributed by atoms with Crippen LogP contribution in [-0.2, 0) is 20.8 Å². The van der Waals surface area contributed by atoms with Crippen molar-refractivity contribution >= 4 is 17.8 Å². The molecule has 0 radical (unpaired) electrons. The first kappa shape index (κ1) is 22.3. The molecule has 7 nitrogen and oxygen atoms in total. The fourth-order valence-electron chi connectivity index (χ4n) is 3.65. The molecule has 0 N–H and O–H groups in total. The number of rotatable bonds is 8. The smallest absolute Gasteiger partial charge is 0.349 e. The van der Waals surface area contributed by atoms with Crippen molar-refractivity contribution in [2.45, 2.75) is 39.3 Å². The number of aromatic nitrogens is 1. The molecule has 0 unspecified atom stereocenters. The monoisotopic (exact) mass is 422 g/mol. The molecule has 1 aliphatic rings. The highest BCUT2D eigenvalue weighted by molar-refractivity contribution is 6.02. The summed E-state index contributed by atoms with van der Waals surface area (Å²) in [5.41, 5.74) is 2.77. The first-order chi connectivity index (χ1) is 14.9. The van der Waals surface area contributed by atoms with Crippen LogP contribution < -0.4 is 4.74 Å². The summed E-state index contributed by atoms with van der Waals surface area (Å²) in [6.45, 7) is 4.87. The Labute approximate surface area is 181 Å². The van der Waals surface area contributed by atoms with E-state index in [1.807, 2.05) is 19.9 Å². The van der Waals surface area contributed by atoms with Gasteiger partial charge in [-0.15, -0.1) is 0 Å². The first-order valence-electron chi connectivity index (χ1n) is 10.2. The molecule has 2 heterocycles. The standard InChI is InChI=1S/C24H26N2O5/c1-16-11-22(17(2)26(16)14-21-5-4-10-30-21)23(27)15-31-24(28)19(13-25)12-18-6-8-20(29-3)9-7-18/h6-9,11-12,21H,4-5,10,14-15H2,1-3H3/b19-12+/t21-/m0/s1. The number of nitriles is 1. The lowest BCUT2D eigenvalue weighted by molar-refractivity contribution is -0.137. The molecule has 0 aliphatic carbocycles. The fourth-order valence-corrected chi connectivity index (χ4v) is 3.65. The molecule has 0 spiro atoms. The second-order valence-corrected chi connectivity index (χ2v) is 7.47. The van der Waals surface area contributed by atoms with Crippen LogP contribution in [0.1, 0.15) is 40.2 Å². The molecule has 0 saturated carbocycles. The van der Waals surface area contributed by atoms with E-state index in [0.717, 1.165) is 30.8 Å². The molecule has 2 aromatic rings. The van der Waals surface area contributed by atoms with E-state index in [4.69, 9.17) is 14.2 Å². The number of carbonyl (C=O) groups excluding carboxylic acids is 2. The maximum atomic E-state index is 12.7. The summed E-state index contributed by atoms with van der Waals surface area (Å²) in [4.78, 5) is 25.0. The van der Waals surface area contributed by atoms with Crippen LogP contribution in [0.3, 0.4) is 0 Å². The molecule has 1 atom stereocenters. The van der Waals surface area contributed by atoms with Crippen LogP contribution in [0, 0.1) is 25.2 Å². The second kappa shape index (κ2) is 10.1. The Bertz CT molecular complexity index is 1020. The third kappa shape index (κ3) is 5.41. The Hall–Kier alpha value is -3.37. The SMILES string of the molecule is COc1ccc(/C=C(\C#N)C(=O)OCC(=O)c2cc(C)n(C[C@@H]3CCCO3)c2C)cc1. The van der Waals surface area contributed by atoms with Crippen molar-refractivity contribution in [3.05, 3.63) is 58.4 Å². The molecule has 31 heavy (non-hydrogen) atoms. The Balaban J connectivity index is 1.64. The van der Waals surface area contributed by atoms with Crippen molar-refractivity contribution in [1.29, 1.82) is 5.26 Å². The number of methoxy groups -OCH3 is 1. The fraction of sp³-hybridized carbons (Fsp3) is 0.375. The van der Waals surface area contributed by atoms with Crippen molar-refractivity contribution in [3.63, 3.8) is 0 Å². The summed E-state index contributed by atoms with van der Waals surface area (Å²) in [6, 6.07) is 10.5. The van der Waals surface area contributed by atoms with Crippen LogP contribution in [0.15, 0.2) is 35.9 Å². The average Bonchev–Trinajstić information content (AvgIpc) is 3.39. The number of ether oxygens (including phenoxy) is 3. The Morgan fingerprint density at radius 2 is 2.03 bits per heavy atom. The van der Waals surface area contributed by atoms with Gasteiger partial charge < -0.3 is 18.8 Å². The topological polar surface area (TPSA) is 90.5 Å². The van der Waals surface area contributed by atoms with Crippen LogP contribution in [0.4, 0.5) is 0 Å². The number of hydrogen-bond donors (Lipinski definition) is 0. The molecular weight excluding hydrogens is 396 g/mol. The van der Waals surface area contributed by atoms with Gasteiger partial charge in [-0.2, -0.15) is 5.26 Å². The van der Waals surface area contributed by atoms with E-state index in [-0.39, 0.29) is 17.5 Å². The van der Waals surface area contributed by atoms with Crippen LogP contribution in [0.2, 0.25) is 0 Å². The van der Waals surface area contributed by atoms with E-state index in [9.17, 15) is 14.9 Å². The molecule has 3 rings (SSSR count). The number of Topliss-reactive ketones (excluding diaryl/α,β-unsaturated/α-hetero) is 1. The number of esters is 1. The Morgan fingerprint density at radius 3 is 2.65 bits per heavy atom. The van der Waals surface area contributed by atoms with Gasteiger partial charge in [-0.3, -0.25) is 4.79 Å². The molecular formula is C24H26N2O5. The van der Waals surface area contributed by atoms with Gasteiger partial charge in [-0.1, -0.05) is 12.1 Å². The zero-order chi connectivity index (χ0) is 22.4. The first-order valence-corrected chi connectivity index (χ1v) is 10.2. The molecule has 0 bridgehead atoms. The third-order valence-corrected chi connectivity index (χ3v) is 5.39. The maximum Gasteiger partial charge on any atom is 0.349 e. The quantitative estimate of drug-likeness (QED) is 0.279. The maximum absolute atomic E-state index is 12.7. The number of ketones is 1. The predicted molar refractivity (Wildman–Crippen MR) is 115 cm³/mol. The number of benzene rings is 1. The highest BCUT2D eigenvalue weighted by Crippen LogP contribution is 2.21. The number of hydrogen-bond acceptors (Lipinski definition) is 6. The van der Waals surface area contributed by atoms with Gasteiger partial charge in [0.2, 0.25) is 5.78 Å². The lowest BCUT2D eigenvalue weighted by Crippen LogP contribution is -2.18. The normalized spacial score (nSPS) is 16.1. The van der Waals surface area contributed by atoms with E-state index in [2.05, 4.69) is 4.57 Å². The lowest BCUT2D eigenvalue weighted by atomic mass is 10.1. The minimum Gasteiger partial charge on any atom is -0.497 e. The summed E-state index contributed by atoms with van der Waals surface area (Å²) < 4.78 is 18.0. The van der Waals surface area contributed by atoms with Gasteiger partial charge >= 0.3 is 5.97 Å². The summed E-state index contributed by atoms with van der Waals surface area (Å²) in [5, 5.41) is 9.32. The third-order valence-electron chi connectivity index (χ3n) is 5.39. The minimum absolute atomic E-state index is 0.159. The van der Waals surface area contributed by atoms with Gasteiger partial charge in [0.1, 0.15) is 17.4 Å². The molecule has 1 aromatic heterocycles. The largest absolute Gasteiger partial charge is 0.497 e. The van der Waals surface area contributed by atoms with Crippen LogP contribution >= 0.6 is 0 Å². The van der Waals surface area contributed by atoms with Gasteiger partial charge in [0, 0.05) is 30.1 Å². The van der Waals surface area contributed by atoms with Crippen molar-refractivity contribution in [3.8, 4) is 11.8 Å². The van der Waals surface area contributed by atoms with Gasteiger partial charge in [0.25, 0.3) is 0 Å². The van der Waals surface area contributed by atoms with E-state index in [0.29, 0.717) is 23.4 Å². The van der Waals surface area contributed by atoms with E-state index >= 15 is 0 Å². The van der Waals surface area contributed by atoms with Gasteiger partial charge in [-0.25, -0.2) is 4.79 Å². The summed E-state index contributed by atoms with van der Waals surface area (Å²) >= 11 is 0. The molecule has 1 saturated heterocycles. The molecule has 1 aromatic carbocycles. The van der Waals surface area contributed by atoms with E-state index in [1.54, 1.807) is 37.4 Å². The number of aryl methyl sites for hydroxylation is 1. The zero-order valence-electron chi connectivity index (χ0n) is 18.0. The number of carbonyl (C=O) groups is 2. The van der Waals surface area contributed by atoms with Crippen molar-refractivity contribution in [2.75, 3.05) is 20.3 Å². The average molecular weight is 422 g/mol. The highest BCUT2D eigenvalue weighted by Gasteiger charge is 2.22. The van der Waals surface area contributed by atoms with Crippen LogP contribution in [0.5, 0.6) is 5.75 Å². The van der Waals surface area contributed by atoms with Crippen molar-refractivity contribution in [1.82, 2.24) is 4.57 Å². The van der Waals surface area contributed by atoms with Crippen LogP contribution in [0.25, 0.3) is 6.08 Å². The Kier molecular flexibility index (Phi) is 7.27. The molecule has 0 amide bonds. The molecule has 1 aliphatic heterocycles. The van der Waals surface area contributed by atoms with E-state index < -0.39 is 12.6 Å². The number of nitrogens with zero attached hydrogens (tertiary/aromatic N) is 2. The summed E-state index contributed by atoms with van der Waals surface area (Å²) in [7, 11) is 1.56. The van der Waals surface area contributed by atoms with Gasteiger partial charge in [0.15, 0.2) is 6.61 Å². The van der Waals surface area contributed by atoms with E-state index in [1.165, 1.54) is 6.08 Å². The zero-order valence-corrected chi connectivity index (χ0v) is 18.0. The van der Waals surface area contributed by atoms with Crippen molar-refractivity contribution in [2.24, 2.45) is 0 Å². The van der Waals surface area contributed by atoms with Crippen LogP contribution in [-0.4, -0.2) is 42.7 Å². The Morgan fingerprint density at radius 1 is 1.29 bits per heavy atom. The minimum atomic E-state index is -0.833. The van der Waals surface area contributed by atoms with Gasteiger partial charge in [-0.05, 0) is 56.5 Å². The predicted octanol–water partition coefficient (Wildman–Crippen LogP) is 3.63.